The Bertz CT molecular complexity index is 94.9. The van der Waals surface area contributed by atoms with Crippen LogP contribution in [-0.4, -0.2) is 6.54 Å². The van der Waals surface area contributed by atoms with Crippen LogP contribution < -0.4 is 5.73 Å². The number of hydrogen-bond donors (Lipinski definition) is 1. The van der Waals surface area contributed by atoms with Gasteiger partial charge in [0, 0.05) is 0 Å². The Balaban J connectivity index is 3.30. The van der Waals surface area contributed by atoms with Gasteiger partial charge in [-0.3, -0.25) is 0 Å². The lowest BCUT2D eigenvalue weighted by atomic mass is 10.1. The van der Waals surface area contributed by atoms with Crippen LogP contribution in [0.1, 0.15) is 39.5 Å². The molecule has 0 fully saturated rings. The van der Waals surface area contributed by atoms with Gasteiger partial charge in [-0.1, -0.05) is 25.0 Å². The average molecular weight is 141 g/mol. The second kappa shape index (κ2) is 6.81. The Kier molecular flexibility index (Phi) is 6.61. The zero-order valence-corrected chi connectivity index (χ0v) is 7.19. The summed E-state index contributed by atoms with van der Waals surface area (Å²) in [6.45, 7) is 5.20. The van der Waals surface area contributed by atoms with Crippen molar-refractivity contribution in [2.45, 2.75) is 39.5 Å². The molecule has 2 N–H and O–H groups in total. The molecule has 0 heterocycles. The third-order valence-corrected chi connectivity index (χ3v) is 1.56. The maximum atomic E-state index is 5.38. The van der Waals surface area contributed by atoms with Gasteiger partial charge in [0.05, 0.1) is 0 Å². The molecule has 0 aliphatic carbocycles. The quantitative estimate of drug-likeness (QED) is 0.585. The van der Waals surface area contributed by atoms with Crippen molar-refractivity contribution in [3.8, 4) is 0 Å². The molecule has 0 atom stereocenters. The van der Waals surface area contributed by atoms with E-state index in [2.05, 4.69) is 19.9 Å². The number of nitrogens with two attached hydrogens (primary N) is 1. The van der Waals surface area contributed by atoms with Crippen molar-refractivity contribution < 1.29 is 0 Å². The fourth-order valence-electron chi connectivity index (χ4n) is 0.874. The molecule has 1 heteroatoms. The van der Waals surface area contributed by atoms with E-state index in [1.165, 1.54) is 24.8 Å². The highest BCUT2D eigenvalue weighted by Gasteiger charge is 1.86. The molecule has 0 aromatic heterocycles. The third kappa shape index (κ3) is 5.83. The lowest BCUT2D eigenvalue weighted by Gasteiger charge is -1.97. The predicted molar refractivity (Wildman–Crippen MR) is 47.0 cm³/mol. The minimum absolute atomic E-state index is 0.817. The van der Waals surface area contributed by atoms with Crippen molar-refractivity contribution in [3.05, 3.63) is 11.6 Å². The molecule has 0 bridgehead atoms. The van der Waals surface area contributed by atoms with E-state index in [1.54, 1.807) is 0 Å². The van der Waals surface area contributed by atoms with Crippen molar-refractivity contribution in [2.75, 3.05) is 6.54 Å². The Morgan fingerprint density at radius 3 is 2.70 bits per heavy atom. The van der Waals surface area contributed by atoms with Gasteiger partial charge in [0.2, 0.25) is 0 Å². The van der Waals surface area contributed by atoms with Gasteiger partial charge in [-0.2, -0.15) is 0 Å². The summed E-state index contributed by atoms with van der Waals surface area (Å²) in [4.78, 5) is 0. The summed E-state index contributed by atoms with van der Waals surface area (Å²) < 4.78 is 0. The Labute approximate surface area is 64.3 Å². The van der Waals surface area contributed by atoms with Crippen LogP contribution in [0.5, 0.6) is 0 Å². The van der Waals surface area contributed by atoms with E-state index in [0.29, 0.717) is 0 Å². The molecule has 60 valence electrons. The summed E-state index contributed by atoms with van der Waals surface area (Å²) in [5, 5.41) is 0. The van der Waals surface area contributed by atoms with Crippen LogP contribution in [0.4, 0.5) is 0 Å². The summed E-state index contributed by atoms with van der Waals surface area (Å²) >= 11 is 0. The molecule has 0 saturated heterocycles. The number of rotatable bonds is 5. The maximum absolute atomic E-state index is 5.38. The molecular weight excluding hydrogens is 122 g/mol. The van der Waals surface area contributed by atoms with E-state index >= 15 is 0 Å². The standard InChI is InChI=1S/C9H19N/c1-3-4-6-9(2)7-5-8-10/h6H,3-5,7-8,10H2,1-2H3/b9-6-. The first-order valence-electron chi connectivity index (χ1n) is 4.17. The smallest absolute Gasteiger partial charge is 0.00742 e. The van der Waals surface area contributed by atoms with Crippen LogP contribution in [0.15, 0.2) is 11.6 Å². The molecule has 0 rings (SSSR count). The van der Waals surface area contributed by atoms with Crippen LogP contribution in [0.25, 0.3) is 0 Å². The van der Waals surface area contributed by atoms with Gasteiger partial charge >= 0.3 is 0 Å². The van der Waals surface area contributed by atoms with Crippen molar-refractivity contribution in [3.63, 3.8) is 0 Å². The van der Waals surface area contributed by atoms with Gasteiger partial charge in [0.1, 0.15) is 0 Å². The first-order valence-corrected chi connectivity index (χ1v) is 4.17. The highest BCUT2D eigenvalue weighted by molar-refractivity contribution is 4.97. The van der Waals surface area contributed by atoms with E-state index in [4.69, 9.17) is 5.73 Å². The van der Waals surface area contributed by atoms with Gasteiger partial charge in [-0.25, -0.2) is 0 Å². The molecule has 0 amide bonds. The highest BCUT2D eigenvalue weighted by Crippen LogP contribution is 2.04. The topological polar surface area (TPSA) is 26.0 Å². The zero-order chi connectivity index (χ0) is 7.82. The van der Waals surface area contributed by atoms with E-state index in [-0.39, 0.29) is 0 Å². The zero-order valence-electron chi connectivity index (χ0n) is 7.19. The Hall–Kier alpha value is -0.300. The summed E-state index contributed by atoms with van der Waals surface area (Å²) in [7, 11) is 0. The molecule has 0 spiro atoms. The first kappa shape index (κ1) is 9.70. The highest BCUT2D eigenvalue weighted by atomic mass is 14.5. The minimum Gasteiger partial charge on any atom is -0.330 e. The van der Waals surface area contributed by atoms with E-state index in [0.717, 1.165) is 13.0 Å². The van der Waals surface area contributed by atoms with Gasteiger partial charge in [-0.05, 0) is 32.7 Å². The molecule has 0 aromatic rings. The number of allylic oxidation sites excluding steroid dienone is 2. The van der Waals surface area contributed by atoms with E-state index in [1.807, 2.05) is 0 Å². The number of unbranched alkanes of at least 4 members (excludes halogenated alkanes) is 1. The summed E-state index contributed by atoms with van der Waals surface area (Å²) in [6.07, 6.45) is 7.09. The molecule has 0 unspecified atom stereocenters. The van der Waals surface area contributed by atoms with Crippen molar-refractivity contribution in [2.24, 2.45) is 5.73 Å². The summed E-state index contributed by atoms with van der Waals surface area (Å²) in [6, 6.07) is 0. The summed E-state index contributed by atoms with van der Waals surface area (Å²) in [5.41, 5.74) is 6.87. The lowest BCUT2D eigenvalue weighted by molar-refractivity contribution is 0.813. The van der Waals surface area contributed by atoms with Crippen molar-refractivity contribution in [1.29, 1.82) is 0 Å². The monoisotopic (exact) mass is 141 g/mol. The Morgan fingerprint density at radius 2 is 2.20 bits per heavy atom. The molecule has 0 radical (unpaired) electrons. The van der Waals surface area contributed by atoms with Crippen molar-refractivity contribution in [1.82, 2.24) is 0 Å². The van der Waals surface area contributed by atoms with Crippen LogP contribution in [0, 0.1) is 0 Å². The molecule has 0 aliphatic rings. The normalized spacial score (nSPS) is 12.1. The lowest BCUT2D eigenvalue weighted by Crippen LogP contribution is -1.97. The maximum Gasteiger partial charge on any atom is -0.00742 e. The van der Waals surface area contributed by atoms with Crippen LogP contribution >= 0.6 is 0 Å². The van der Waals surface area contributed by atoms with E-state index < -0.39 is 0 Å². The summed E-state index contributed by atoms with van der Waals surface area (Å²) in [5.74, 6) is 0. The largest absolute Gasteiger partial charge is 0.330 e. The first-order chi connectivity index (χ1) is 4.81. The SMILES string of the molecule is CCC/C=C(/C)CCCN. The van der Waals surface area contributed by atoms with Gasteiger partial charge in [0.25, 0.3) is 0 Å². The van der Waals surface area contributed by atoms with E-state index in [9.17, 15) is 0 Å². The third-order valence-electron chi connectivity index (χ3n) is 1.56. The second-order valence-corrected chi connectivity index (χ2v) is 2.73. The molecular formula is C9H19N. The van der Waals surface area contributed by atoms with Gasteiger partial charge in [-0.15, -0.1) is 0 Å². The molecule has 0 aromatic carbocycles. The van der Waals surface area contributed by atoms with Gasteiger partial charge in [0.15, 0.2) is 0 Å². The van der Waals surface area contributed by atoms with Crippen LogP contribution in [0.3, 0.4) is 0 Å². The molecule has 1 nitrogen and oxygen atoms in total. The average Bonchev–Trinajstić information content (AvgIpc) is 1.97. The molecule has 0 saturated carbocycles. The van der Waals surface area contributed by atoms with Gasteiger partial charge < -0.3 is 5.73 Å². The predicted octanol–water partition coefficient (Wildman–Crippen LogP) is 2.47. The molecule has 0 aliphatic heterocycles. The molecule has 10 heavy (non-hydrogen) atoms. The minimum atomic E-state index is 0.817. The van der Waals surface area contributed by atoms with Crippen LogP contribution in [-0.2, 0) is 0 Å². The fourth-order valence-corrected chi connectivity index (χ4v) is 0.874. The van der Waals surface area contributed by atoms with Crippen LogP contribution in [0.2, 0.25) is 0 Å². The second-order valence-electron chi connectivity index (χ2n) is 2.73. The number of hydrogen-bond acceptors (Lipinski definition) is 1. The Morgan fingerprint density at radius 1 is 1.50 bits per heavy atom. The fraction of sp³-hybridized carbons (Fsp3) is 0.778. The van der Waals surface area contributed by atoms with Crippen molar-refractivity contribution >= 4 is 0 Å².